The van der Waals surface area contributed by atoms with Gasteiger partial charge in [0, 0.05) is 18.7 Å². The Labute approximate surface area is 155 Å². The molecular weight excluding hydrogens is 328 g/mol. The van der Waals surface area contributed by atoms with Crippen molar-refractivity contribution in [2.75, 3.05) is 13.1 Å². The van der Waals surface area contributed by atoms with E-state index >= 15 is 0 Å². The largest absolute Gasteiger partial charge is 0.466 e. The summed E-state index contributed by atoms with van der Waals surface area (Å²) >= 11 is 0. The smallest absolute Gasteiger partial charge is 0.317 e. The molecule has 26 heavy (non-hydrogen) atoms. The van der Waals surface area contributed by atoms with Gasteiger partial charge in [0.1, 0.15) is 11.5 Å². The second kappa shape index (κ2) is 7.96. The summed E-state index contributed by atoms with van der Waals surface area (Å²) in [5, 5.41) is 13.6. The van der Waals surface area contributed by atoms with Crippen LogP contribution in [0.4, 0.5) is 4.79 Å². The molecule has 2 amide bonds. The number of nitrogens with one attached hydrogen (secondary N) is 1. The molecule has 1 aromatic carbocycles. The fourth-order valence-corrected chi connectivity index (χ4v) is 3.78. The van der Waals surface area contributed by atoms with Gasteiger partial charge in [-0.2, -0.15) is 0 Å². The average Bonchev–Trinajstić information content (AvgIpc) is 3.00. The molecule has 1 fully saturated rings. The number of benzene rings is 1. The van der Waals surface area contributed by atoms with Crippen molar-refractivity contribution in [2.24, 2.45) is 5.92 Å². The second-order valence-corrected chi connectivity index (χ2v) is 7.22. The number of nitrogens with zero attached hydrogens (tertiary/aromatic N) is 1. The van der Waals surface area contributed by atoms with Gasteiger partial charge in [-0.25, -0.2) is 4.79 Å². The molecule has 2 N–H and O–H groups in total. The van der Waals surface area contributed by atoms with E-state index in [1.165, 1.54) is 0 Å². The summed E-state index contributed by atoms with van der Waals surface area (Å²) in [6, 6.07) is 11.6. The molecule has 5 nitrogen and oxygen atoms in total. The summed E-state index contributed by atoms with van der Waals surface area (Å²) in [6.45, 7) is 7.13. The summed E-state index contributed by atoms with van der Waals surface area (Å²) in [6.07, 6.45) is 1.15. The fraction of sp³-hybridized carbons (Fsp3) is 0.476. The average molecular weight is 356 g/mol. The minimum atomic E-state index is -0.461. The summed E-state index contributed by atoms with van der Waals surface area (Å²) in [7, 11) is 0. The van der Waals surface area contributed by atoms with Gasteiger partial charge in [-0.1, -0.05) is 30.3 Å². The Kier molecular flexibility index (Phi) is 5.67. The van der Waals surface area contributed by atoms with E-state index in [0.29, 0.717) is 13.1 Å². The third kappa shape index (κ3) is 4.10. The minimum absolute atomic E-state index is 0.0524. The molecule has 140 valence electrons. The molecular formula is C21H28N2O3. The standard InChI is InChI=1S/C21H28N2O3/c1-14-13-19(16(3)26-14)15(2)22-21(25)23-11-9-18(10-12-23)20(24)17-7-5-4-6-8-17/h4-8,13,15,18,20,24H,9-12H2,1-3H3,(H,22,25)/t15-,20+/m1/s1. The summed E-state index contributed by atoms with van der Waals surface area (Å²) in [4.78, 5) is 14.4. The number of amides is 2. The van der Waals surface area contributed by atoms with Crippen LogP contribution in [0, 0.1) is 19.8 Å². The van der Waals surface area contributed by atoms with Gasteiger partial charge < -0.3 is 19.7 Å². The van der Waals surface area contributed by atoms with Crippen LogP contribution in [0.1, 0.15) is 54.6 Å². The predicted octanol–water partition coefficient (Wildman–Crippen LogP) is 4.11. The van der Waals surface area contributed by atoms with Gasteiger partial charge >= 0.3 is 6.03 Å². The highest BCUT2D eigenvalue weighted by molar-refractivity contribution is 5.74. The van der Waals surface area contributed by atoms with Gasteiger partial charge in [-0.15, -0.1) is 0 Å². The molecule has 0 aliphatic carbocycles. The summed E-state index contributed by atoms with van der Waals surface area (Å²) < 4.78 is 5.55. The molecule has 1 saturated heterocycles. The van der Waals surface area contributed by atoms with Crippen LogP contribution in [0.3, 0.4) is 0 Å². The lowest BCUT2D eigenvalue weighted by Crippen LogP contribution is -2.45. The molecule has 0 unspecified atom stereocenters. The molecule has 0 bridgehead atoms. The Morgan fingerprint density at radius 3 is 2.46 bits per heavy atom. The number of hydrogen-bond donors (Lipinski definition) is 2. The van der Waals surface area contributed by atoms with Crippen molar-refractivity contribution in [1.82, 2.24) is 10.2 Å². The molecule has 2 atom stereocenters. The second-order valence-electron chi connectivity index (χ2n) is 7.22. The third-order valence-corrected chi connectivity index (χ3v) is 5.30. The monoisotopic (exact) mass is 356 g/mol. The van der Waals surface area contributed by atoms with E-state index in [-0.39, 0.29) is 18.0 Å². The molecule has 0 spiro atoms. The lowest BCUT2D eigenvalue weighted by Gasteiger charge is -2.35. The van der Waals surface area contributed by atoms with Crippen molar-refractivity contribution in [3.8, 4) is 0 Å². The number of hydrogen-bond acceptors (Lipinski definition) is 3. The van der Waals surface area contributed by atoms with Crippen LogP contribution in [-0.4, -0.2) is 29.1 Å². The minimum Gasteiger partial charge on any atom is -0.466 e. The van der Waals surface area contributed by atoms with E-state index in [0.717, 1.165) is 35.5 Å². The predicted molar refractivity (Wildman–Crippen MR) is 101 cm³/mol. The number of carbonyl (C=O) groups excluding carboxylic acids is 1. The first-order valence-electron chi connectivity index (χ1n) is 9.31. The number of likely N-dealkylation sites (tertiary alicyclic amines) is 1. The Bertz CT molecular complexity index is 733. The molecule has 1 aliphatic heterocycles. The third-order valence-electron chi connectivity index (χ3n) is 5.30. The molecule has 2 heterocycles. The Morgan fingerprint density at radius 1 is 1.23 bits per heavy atom. The quantitative estimate of drug-likeness (QED) is 0.866. The van der Waals surface area contributed by atoms with E-state index < -0.39 is 6.10 Å². The molecule has 1 aliphatic rings. The number of aliphatic hydroxyl groups excluding tert-OH is 1. The van der Waals surface area contributed by atoms with Gasteiger partial charge in [0.05, 0.1) is 12.1 Å². The van der Waals surface area contributed by atoms with Crippen LogP contribution in [0.25, 0.3) is 0 Å². The number of urea groups is 1. The molecule has 0 saturated carbocycles. The maximum atomic E-state index is 12.6. The van der Waals surface area contributed by atoms with Gasteiger partial charge in [0.25, 0.3) is 0 Å². The number of aliphatic hydroxyl groups is 1. The van der Waals surface area contributed by atoms with Crippen molar-refractivity contribution in [3.63, 3.8) is 0 Å². The Morgan fingerprint density at radius 2 is 1.88 bits per heavy atom. The fourth-order valence-electron chi connectivity index (χ4n) is 3.78. The van der Waals surface area contributed by atoms with Crippen LogP contribution in [0.2, 0.25) is 0 Å². The highest BCUT2D eigenvalue weighted by atomic mass is 16.3. The first-order valence-corrected chi connectivity index (χ1v) is 9.31. The maximum Gasteiger partial charge on any atom is 0.317 e. The topological polar surface area (TPSA) is 65.7 Å². The van der Waals surface area contributed by atoms with Gasteiger partial charge in [-0.05, 0) is 51.2 Å². The summed E-state index contributed by atoms with van der Waals surface area (Å²) in [5.41, 5.74) is 1.97. The molecule has 0 radical (unpaired) electrons. The van der Waals surface area contributed by atoms with E-state index in [2.05, 4.69) is 5.32 Å². The number of furan rings is 1. The van der Waals surface area contributed by atoms with Crippen LogP contribution < -0.4 is 5.32 Å². The van der Waals surface area contributed by atoms with E-state index in [4.69, 9.17) is 4.42 Å². The SMILES string of the molecule is Cc1cc([C@@H](C)NC(=O)N2CCC([C@@H](O)c3ccccc3)CC2)c(C)o1. The van der Waals surface area contributed by atoms with Crippen molar-refractivity contribution in [3.05, 3.63) is 59.0 Å². The number of piperidine rings is 1. The van der Waals surface area contributed by atoms with E-state index in [9.17, 15) is 9.90 Å². The van der Waals surface area contributed by atoms with Crippen LogP contribution in [0.15, 0.2) is 40.8 Å². The van der Waals surface area contributed by atoms with Crippen molar-refractivity contribution >= 4 is 6.03 Å². The van der Waals surface area contributed by atoms with Gasteiger partial charge in [-0.3, -0.25) is 0 Å². The first-order chi connectivity index (χ1) is 12.5. The Balaban J connectivity index is 1.53. The molecule has 3 rings (SSSR count). The molecule has 2 aromatic rings. The lowest BCUT2D eigenvalue weighted by molar-refractivity contribution is 0.0662. The summed E-state index contributed by atoms with van der Waals surface area (Å²) in [5.74, 6) is 1.90. The number of rotatable bonds is 4. The molecule has 5 heteroatoms. The van der Waals surface area contributed by atoms with Crippen LogP contribution >= 0.6 is 0 Å². The lowest BCUT2D eigenvalue weighted by atomic mass is 9.87. The van der Waals surface area contributed by atoms with Crippen molar-refractivity contribution in [2.45, 2.75) is 45.8 Å². The maximum absolute atomic E-state index is 12.6. The Hall–Kier alpha value is -2.27. The van der Waals surface area contributed by atoms with E-state index in [1.54, 1.807) is 0 Å². The number of aryl methyl sites for hydroxylation is 2. The molecule has 1 aromatic heterocycles. The van der Waals surface area contributed by atoms with E-state index in [1.807, 2.05) is 62.1 Å². The van der Waals surface area contributed by atoms with Crippen molar-refractivity contribution < 1.29 is 14.3 Å². The zero-order valence-corrected chi connectivity index (χ0v) is 15.7. The van der Waals surface area contributed by atoms with Gasteiger partial charge in [0.15, 0.2) is 0 Å². The normalized spacial score (nSPS) is 17.8. The highest BCUT2D eigenvalue weighted by Gasteiger charge is 2.29. The zero-order valence-electron chi connectivity index (χ0n) is 15.7. The van der Waals surface area contributed by atoms with Gasteiger partial charge in [0.2, 0.25) is 0 Å². The number of carbonyl (C=O) groups is 1. The zero-order chi connectivity index (χ0) is 18.7. The van der Waals surface area contributed by atoms with Crippen LogP contribution in [-0.2, 0) is 0 Å². The highest BCUT2D eigenvalue weighted by Crippen LogP contribution is 2.30. The first kappa shape index (κ1) is 18.5. The van der Waals surface area contributed by atoms with Crippen LogP contribution in [0.5, 0.6) is 0 Å². The van der Waals surface area contributed by atoms with Crippen molar-refractivity contribution in [1.29, 1.82) is 0 Å².